The zero-order valence-electron chi connectivity index (χ0n) is 7.96. The molecule has 3 nitrogen and oxygen atoms in total. The highest BCUT2D eigenvalue weighted by Crippen LogP contribution is 2.21. The van der Waals surface area contributed by atoms with Gasteiger partial charge in [0.1, 0.15) is 17.4 Å². The van der Waals surface area contributed by atoms with Crippen LogP contribution in [0.4, 0.5) is 8.78 Å². The Morgan fingerprint density at radius 1 is 1.40 bits per heavy atom. The third-order valence-electron chi connectivity index (χ3n) is 1.70. The highest BCUT2D eigenvalue weighted by Gasteiger charge is 2.08. The Balaban J connectivity index is 3.14. The third-order valence-corrected chi connectivity index (χ3v) is 1.70. The number of rotatable bonds is 3. The van der Waals surface area contributed by atoms with E-state index in [9.17, 15) is 13.6 Å². The van der Waals surface area contributed by atoms with Crippen molar-refractivity contribution in [1.29, 1.82) is 0 Å². The first-order chi connectivity index (χ1) is 7.04. The van der Waals surface area contributed by atoms with Gasteiger partial charge in [0, 0.05) is 23.8 Å². The largest absolute Gasteiger partial charge is 0.497 e. The van der Waals surface area contributed by atoms with E-state index in [1.165, 1.54) is 7.11 Å². The second-order valence-electron chi connectivity index (χ2n) is 2.74. The van der Waals surface area contributed by atoms with Gasteiger partial charge in [0.05, 0.1) is 7.11 Å². The van der Waals surface area contributed by atoms with Crippen LogP contribution < -0.4 is 10.5 Å². The van der Waals surface area contributed by atoms with Crippen LogP contribution in [0.15, 0.2) is 18.2 Å². The average Bonchev–Trinajstić information content (AvgIpc) is 2.15. The Hall–Kier alpha value is -1.91. The summed E-state index contributed by atoms with van der Waals surface area (Å²) in [6.07, 6.45) is 1.86. The summed E-state index contributed by atoms with van der Waals surface area (Å²) in [6, 6.07) is 2.04. The topological polar surface area (TPSA) is 52.3 Å². The van der Waals surface area contributed by atoms with E-state index >= 15 is 0 Å². The maximum absolute atomic E-state index is 13.2. The van der Waals surface area contributed by atoms with E-state index in [2.05, 4.69) is 4.74 Å². The fourth-order valence-electron chi connectivity index (χ4n) is 1.00. The van der Waals surface area contributed by atoms with Crippen LogP contribution in [0.25, 0.3) is 6.08 Å². The monoisotopic (exact) mass is 213 g/mol. The molecule has 5 heteroatoms. The van der Waals surface area contributed by atoms with E-state index in [1.807, 2.05) is 0 Å². The number of ether oxygens (including phenoxy) is 1. The quantitative estimate of drug-likeness (QED) is 0.773. The van der Waals surface area contributed by atoms with Gasteiger partial charge in [-0.15, -0.1) is 0 Å². The summed E-state index contributed by atoms with van der Waals surface area (Å²) in [5, 5.41) is 0. The zero-order valence-corrected chi connectivity index (χ0v) is 7.96. The summed E-state index contributed by atoms with van der Waals surface area (Å²) in [4.78, 5) is 10.4. The first kappa shape index (κ1) is 11.2. The predicted molar refractivity (Wildman–Crippen MR) is 51.1 cm³/mol. The van der Waals surface area contributed by atoms with Gasteiger partial charge < -0.3 is 10.5 Å². The van der Waals surface area contributed by atoms with Crippen LogP contribution in [0, 0.1) is 11.6 Å². The molecular weight excluding hydrogens is 204 g/mol. The summed E-state index contributed by atoms with van der Waals surface area (Å²) < 4.78 is 31.1. The Bertz CT molecular complexity index is 393. The molecule has 1 aromatic carbocycles. The lowest BCUT2D eigenvalue weighted by molar-refractivity contribution is -0.113. The number of methoxy groups -OCH3 is 1. The van der Waals surface area contributed by atoms with Crippen LogP contribution in [-0.2, 0) is 4.79 Å². The van der Waals surface area contributed by atoms with Crippen molar-refractivity contribution in [2.24, 2.45) is 5.73 Å². The number of nitrogens with two attached hydrogens (primary N) is 1. The molecule has 0 aromatic heterocycles. The molecule has 2 N–H and O–H groups in total. The van der Waals surface area contributed by atoms with E-state index in [4.69, 9.17) is 5.73 Å². The van der Waals surface area contributed by atoms with Crippen molar-refractivity contribution in [2.75, 3.05) is 7.11 Å². The summed E-state index contributed by atoms with van der Waals surface area (Å²) in [5.74, 6) is -2.33. The fourth-order valence-corrected chi connectivity index (χ4v) is 1.00. The lowest BCUT2D eigenvalue weighted by atomic mass is 10.1. The standard InChI is InChI=1S/C10H9F2NO2/c1-15-6-4-8(11)7(9(12)5-6)2-3-10(13)14/h2-5H,1H3,(H2,13,14)/b3-2+. The van der Waals surface area contributed by atoms with Crippen LogP contribution in [0.3, 0.4) is 0 Å². The second kappa shape index (κ2) is 4.54. The van der Waals surface area contributed by atoms with Crippen LogP contribution >= 0.6 is 0 Å². The van der Waals surface area contributed by atoms with Gasteiger partial charge in [-0.05, 0) is 6.08 Å². The minimum absolute atomic E-state index is 0.0706. The van der Waals surface area contributed by atoms with Crippen molar-refractivity contribution in [3.63, 3.8) is 0 Å². The number of primary amides is 1. The molecule has 1 rings (SSSR count). The molecule has 80 valence electrons. The number of amides is 1. The lowest BCUT2D eigenvalue weighted by Crippen LogP contribution is -2.05. The van der Waals surface area contributed by atoms with Crippen molar-refractivity contribution >= 4 is 12.0 Å². The summed E-state index contributed by atoms with van der Waals surface area (Å²) >= 11 is 0. The van der Waals surface area contributed by atoms with E-state index in [0.29, 0.717) is 0 Å². The van der Waals surface area contributed by atoms with Gasteiger partial charge in [0.2, 0.25) is 5.91 Å². The Morgan fingerprint density at radius 3 is 2.33 bits per heavy atom. The molecule has 0 spiro atoms. The smallest absolute Gasteiger partial charge is 0.241 e. The maximum atomic E-state index is 13.2. The molecule has 0 aliphatic carbocycles. The molecule has 0 fully saturated rings. The van der Waals surface area contributed by atoms with Gasteiger partial charge in [-0.3, -0.25) is 4.79 Å². The van der Waals surface area contributed by atoms with Crippen LogP contribution in [0.2, 0.25) is 0 Å². The van der Waals surface area contributed by atoms with Gasteiger partial charge >= 0.3 is 0 Å². The lowest BCUT2D eigenvalue weighted by Gasteiger charge is -2.03. The molecule has 0 heterocycles. The molecule has 0 saturated carbocycles. The second-order valence-corrected chi connectivity index (χ2v) is 2.74. The predicted octanol–water partition coefficient (Wildman–Crippen LogP) is 1.47. The van der Waals surface area contributed by atoms with Crippen molar-refractivity contribution in [3.05, 3.63) is 35.4 Å². The number of carbonyl (C=O) groups excluding carboxylic acids is 1. The maximum Gasteiger partial charge on any atom is 0.241 e. The van der Waals surface area contributed by atoms with Crippen LogP contribution in [0.1, 0.15) is 5.56 Å². The average molecular weight is 213 g/mol. The summed E-state index contributed by atoms with van der Waals surface area (Å²) in [5.41, 5.74) is 4.48. The zero-order chi connectivity index (χ0) is 11.4. The molecule has 1 amide bonds. The minimum atomic E-state index is -0.815. The number of hydrogen-bond donors (Lipinski definition) is 1. The summed E-state index contributed by atoms with van der Waals surface area (Å²) in [7, 11) is 1.30. The Kier molecular flexibility index (Phi) is 3.38. The van der Waals surface area contributed by atoms with Crippen molar-refractivity contribution < 1.29 is 18.3 Å². The van der Waals surface area contributed by atoms with Gasteiger partial charge in [-0.25, -0.2) is 8.78 Å². The molecule has 0 aliphatic rings. The molecule has 0 saturated heterocycles. The minimum Gasteiger partial charge on any atom is -0.497 e. The highest BCUT2D eigenvalue weighted by molar-refractivity contribution is 5.90. The number of benzene rings is 1. The van der Waals surface area contributed by atoms with Gasteiger partial charge in [0.25, 0.3) is 0 Å². The van der Waals surface area contributed by atoms with Crippen molar-refractivity contribution in [2.45, 2.75) is 0 Å². The van der Waals surface area contributed by atoms with Crippen molar-refractivity contribution in [1.82, 2.24) is 0 Å². The molecule has 1 aromatic rings. The van der Waals surface area contributed by atoms with E-state index in [-0.39, 0.29) is 11.3 Å². The van der Waals surface area contributed by atoms with Gasteiger partial charge in [0.15, 0.2) is 0 Å². The number of hydrogen-bond acceptors (Lipinski definition) is 2. The Morgan fingerprint density at radius 2 is 1.93 bits per heavy atom. The Labute approximate surface area is 85.1 Å². The molecule has 0 aliphatic heterocycles. The SMILES string of the molecule is COc1cc(F)c(/C=C/C(N)=O)c(F)c1. The molecule has 0 unspecified atom stereocenters. The first-order valence-corrected chi connectivity index (χ1v) is 4.05. The molecule has 0 atom stereocenters. The number of halogens is 2. The van der Waals surface area contributed by atoms with E-state index in [1.54, 1.807) is 0 Å². The molecular formula is C10H9F2NO2. The van der Waals surface area contributed by atoms with Crippen molar-refractivity contribution in [3.8, 4) is 5.75 Å². The van der Waals surface area contributed by atoms with Gasteiger partial charge in [-0.1, -0.05) is 0 Å². The highest BCUT2D eigenvalue weighted by atomic mass is 19.1. The molecule has 0 radical (unpaired) electrons. The molecule has 0 bridgehead atoms. The van der Waals surface area contributed by atoms with Gasteiger partial charge in [-0.2, -0.15) is 0 Å². The third kappa shape index (κ3) is 2.77. The number of carbonyl (C=O) groups is 1. The van der Waals surface area contributed by atoms with E-state index < -0.39 is 17.5 Å². The fraction of sp³-hybridized carbons (Fsp3) is 0.100. The summed E-state index contributed by atoms with van der Waals surface area (Å²) in [6.45, 7) is 0. The van der Waals surface area contributed by atoms with Crippen LogP contribution in [-0.4, -0.2) is 13.0 Å². The van der Waals surface area contributed by atoms with Crippen LogP contribution in [0.5, 0.6) is 5.75 Å². The molecule has 15 heavy (non-hydrogen) atoms. The van der Waals surface area contributed by atoms with E-state index in [0.717, 1.165) is 24.3 Å². The first-order valence-electron chi connectivity index (χ1n) is 4.05. The normalized spacial score (nSPS) is 10.6.